The van der Waals surface area contributed by atoms with Gasteiger partial charge in [0.05, 0.1) is 26.4 Å². The number of carbonyl (C=O) groups is 1. The zero-order valence-electron chi connectivity index (χ0n) is 12.4. The van der Waals surface area contributed by atoms with E-state index < -0.39 is 0 Å². The maximum absolute atomic E-state index is 11.3. The second-order valence-corrected chi connectivity index (χ2v) is 4.33. The van der Waals surface area contributed by atoms with Crippen molar-refractivity contribution in [2.45, 2.75) is 39.5 Å². The van der Waals surface area contributed by atoms with E-state index in [1.165, 1.54) is 0 Å². The monoisotopic (exact) mass is 275 g/mol. The molecule has 0 unspecified atom stereocenters. The molecule has 0 saturated heterocycles. The van der Waals surface area contributed by atoms with E-state index in [9.17, 15) is 4.79 Å². The molecule has 5 nitrogen and oxygen atoms in total. The Kier molecular flexibility index (Phi) is 14.9. The summed E-state index contributed by atoms with van der Waals surface area (Å²) < 4.78 is 15.8. The van der Waals surface area contributed by atoms with Crippen molar-refractivity contribution in [3.8, 4) is 0 Å². The first-order valence-electron chi connectivity index (χ1n) is 7.31. The highest BCUT2D eigenvalue weighted by molar-refractivity contribution is 5.77. The van der Waals surface area contributed by atoms with E-state index >= 15 is 0 Å². The molecule has 0 spiro atoms. The second-order valence-electron chi connectivity index (χ2n) is 4.33. The topological polar surface area (TPSA) is 56.8 Å². The van der Waals surface area contributed by atoms with Crippen LogP contribution < -0.4 is 5.32 Å². The maximum atomic E-state index is 11.3. The number of hydrogen-bond acceptors (Lipinski definition) is 4. The van der Waals surface area contributed by atoms with Crippen LogP contribution >= 0.6 is 0 Å². The van der Waals surface area contributed by atoms with Gasteiger partial charge in [-0.1, -0.05) is 26.7 Å². The first kappa shape index (κ1) is 18.4. The summed E-state index contributed by atoms with van der Waals surface area (Å²) >= 11 is 0. The average Bonchev–Trinajstić information content (AvgIpc) is 2.42. The lowest BCUT2D eigenvalue weighted by Gasteiger charge is -2.07. The molecule has 0 atom stereocenters. The lowest BCUT2D eigenvalue weighted by Crippen LogP contribution is -2.29. The van der Waals surface area contributed by atoms with Crippen LogP contribution in [0.2, 0.25) is 0 Å². The van der Waals surface area contributed by atoms with Gasteiger partial charge in [0.15, 0.2) is 0 Å². The van der Waals surface area contributed by atoms with Gasteiger partial charge in [0.2, 0.25) is 5.91 Å². The molecule has 0 bridgehead atoms. The minimum atomic E-state index is -0.0533. The van der Waals surface area contributed by atoms with Crippen LogP contribution in [0.15, 0.2) is 0 Å². The Hall–Kier alpha value is -0.650. The molecule has 0 aromatic carbocycles. The highest BCUT2D eigenvalue weighted by atomic mass is 16.5. The van der Waals surface area contributed by atoms with Crippen molar-refractivity contribution in [1.29, 1.82) is 0 Å². The third-order valence-corrected chi connectivity index (χ3v) is 2.43. The van der Waals surface area contributed by atoms with E-state index in [0.717, 1.165) is 38.8 Å². The van der Waals surface area contributed by atoms with Crippen LogP contribution in [0.4, 0.5) is 0 Å². The molecule has 0 radical (unpaired) electrons. The molecule has 0 fully saturated rings. The van der Waals surface area contributed by atoms with Gasteiger partial charge in [0.1, 0.15) is 6.61 Å². The van der Waals surface area contributed by atoms with Crippen LogP contribution in [0.5, 0.6) is 0 Å². The van der Waals surface area contributed by atoms with Gasteiger partial charge in [-0.15, -0.1) is 0 Å². The predicted molar refractivity (Wildman–Crippen MR) is 75.3 cm³/mol. The molecule has 0 aliphatic rings. The average molecular weight is 275 g/mol. The van der Waals surface area contributed by atoms with Gasteiger partial charge >= 0.3 is 0 Å². The minimum absolute atomic E-state index is 0.0533. The van der Waals surface area contributed by atoms with E-state index in [0.29, 0.717) is 26.4 Å². The van der Waals surface area contributed by atoms with Gasteiger partial charge in [-0.2, -0.15) is 0 Å². The molecule has 0 aromatic heterocycles. The van der Waals surface area contributed by atoms with Crippen molar-refractivity contribution in [2.75, 3.05) is 46.2 Å². The van der Waals surface area contributed by atoms with Crippen LogP contribution in [0.25, 0.3) is 0 Å². The summed E-state index contributed by atoms with van der Waals surface area (Å²) in [6.45, 7) is 7.97. The van der Waals surface area contributed by atoms with E-state index in [1.807, 2.05) is 0 Å². The summed E-state index contributed by atoms with van der Waals surface area (Å²) in [6.07, 6.45) is 4.36. The third-order valence-electron chi connectivity index (χ3n) is 2.43. The molecular formula is C14H29NO4. The molecule has 0 heterocycles. The SMILES string of the molecule is CCCCCNC(=O)COCCOCCOCCC. The Morgan fingerprint density at radius 2 is 1.47 bits per heavy atom. The maximum Gasteiger partial charge on any atom is 0.245 e. The summed E-state index contributed by atoms with van der Waals surface area (Å²) in [4.78, 5) is 11.3. The van der Waals surface area contributed by atoms with E-state index in [1.54, 1.807) is 0 Å². The summed E-state index contributed by atoms with van der Waals surface area (Å²) in [5, 5.41) is 2.82. The zero-order valence-corrected chi connectivity index (χ0v) is 12.4. The van der Waals surface area contributed by atoms with E-state index in [4.69, 9.17) is 14.2 Å². The number of ether oxygens (including phenoxy) is 3. The molecule has 0 saturated carbocycles. The first-order chi connectivity index (χ1) is 9.31. The summed E-state index contributed by atoms with van der Waals surface area (Å²) in [7, 11) is 0. The highest BCUT2D eigenvalue weighted by Gasteiger charge is 1.99. The Bertz CT molecular complexity index is 200. The Labute approximate surface area is 117 Å². The molecule has 114 valence electrons. The minimum Gasteiger partial charge on any atom is -0.379 e. The molecule has 0 aromatic rings. The molecule has 1 N–H and O–H groups in total. The van der Waals surface area contributed by atoms with Gasteiger partial charge in [0, 0.05) is 13.2 Å². The molecule has 0 aliphatic heterocycles. The third kappa shape index (κ3) is 15.3. The van der Waals surface area contributed by atoms with Gasteiger partial charge in [0.25, 0.3) is 0 Å². The number of unbranched alkanes of at least 4 members (excludes halogenated alkanes) is 2. The van der Waals surface area contributed by atoms with Crippen molar-refractivity contribution >= 4 is 5.91 Å². The fourth-order valence-electron chi connectivity index (χ4n) is 1.40. The normalized spacial score (nSPS) is 10.6. The zero-order chi connectivity index (χ0) is 14.2. The molecule has 19 heavy (non-hydrogen) atoms. The summed E-state index contributed by atoms with van der Waals surface area (Å²) in [6, 6.07) is 0. The van der Waals surface area contributed by atoms with Crippen LogP contribution in [-0.4, -0.2) is 52.1 Å². The molecule has 5 heteroatoms. The second kappa shape index (κ2) is 15.4. The van der Waals surface area contributed by atoms with Crippen molar-refractivity contribution < 1.29 is 19.0 Å². The number of nitrogens with one attached hydrogen (secondary N) is 1. The predicted octanol–water partition coefficient (Wildman–Crippen LogP) is 1.75. The van der Waals surface area contributed by atoms with Gasteiger partial charge in [-0.3, -0.25) is 4.79 Å². The lowest BCUT2D eigenvalue weighted by molar-refractivity contribution is -0.126. The Balaban J connectivity index is 3.10. The molecule has 1 amide bonds. The summed E-state index contributed by atoms with van der Waals surface area (Å²) in [5.74, 6) is -0.0533. The number of amides is 1. The lowest BCUT2D eigenvalue weighted by atomic mass is 10.2. The molecular weight excluding hydrogens is 246 g/mol. The first-order valence-corrected chi connectivity index (χ1v) is 7.31. The number of carbonyl (C=O) groups excluding carboxylic acids is 1. The van der Waals surface area contributed by atoms with Crippen LogP contribution in [0.1, 0.15) is 39.5 Å². The summed E-state index contributed by atoms with van der Waals surface area (Å²) in [5.41, 5.74) is 0. The standard InChI is InChI=1S/C14H29NO4/c1-3-5-6-7-15-14(16)13-19-12-11-18-10-9-17-8-4-2/h3-13H2,1-2H3,(H,15,16). The Morgan fingerprint density at radius 1 is 0.842 bits per heavy atom. The van der Waals surface area contributed by atoms with Gasteiger partial charge in [-0.25, -0.2) is 0 Å². The smallest absolute Gasteiger partial charge is 0.245 e. The molecule has 0 rings (SSSR count). The molecule has 0 aliphatic carbocycles. The van der Waals surface area contributed by atoms with Crippen molar-refractivity contribution in [3.63, 3.8) is 0 Å². The fraction of sp³-hybridized carbons (Fsp3) is 0.929. The van der Waals surface area contributed by atoms with Crippen molar-refractivity contribution in [1.82, 2.24) is 5.32 Å². The largest absolute Gasteiger partial charge is 0.379 e. The quantitative estimate of drug-likeness (QED) is 0.491. The highest BCUT2D eigenvalue weighted by Crippen LogP contribution is 1.91. The van der Waals surface area contributed by atoms with Gasteiger partial charge in [-0.05, 0) is 12.8 Å². The van der Waals surface area contributed by atoms with Gasteiger partial charge < -0.3 is 19.5 Å². The van der Waals surface area contributed by atoms with Crippen LogP contribution in [0.3, 0.4) is 0 Å². The number of hydrogen-bond donors (Lipinski definition) is 1. The fourth-order valence-corrected chi connectivity index (χ4v) is 1.40. The van der Waals surface area contributed by atoms with E-state index in [-0.39, 0.29) is 12.5 Å². The van der Waals surface area contributed by atoms with Crippen LogP contribution in [-0.2, 0) is 19.0 Å². The van der Waals surface area contributed by atoms with Crippen LogP contribution in [0, 0.1) is 0 Å². The van der Waals surface area contributed by atoms with Crippen molar-refractivity contribution in [2.24, 2.45) is 0 Å². The Morgan fingerprint density at radius 3 is 2.11 bits per heavy atom. The van der Waals surface area contributed by atoms with E-state index in [2.05, 4.69) is 19.2 Å². The number of rotatable bonds is 14. The van der Waals surface area contributed by atoms with Crippen molar-refractivity contribution in [3.05, 3.63) is 0 Å².